The van der Waals surface area contributed by atoms with Gasteiger partial charge in [-0.05, 0) is 40.0 Å². The number of nitrogens with two attached hydrogens (primary N) is 1. The van der Waals surface area contributed by atoms with Crippen molar-refractivity contribution >= 4 is 13.3 Å². The molecule has 0 saturated carbocycles. The van der Waals surface area contributed by atoms with Crippen LogP contribution in [0, 0.1) is 5.92 Å². The molecule has 1 aliphatic heterocycles. The Kier molecular flexibility index (Phi) is 4.46. The van der Waals surface area contributed by atoms with E-state index in [4.69, 9.17) is 19.7 Å². The van der Waals surface area contributed by atoms with Crippen LogP contribution in [0.15, 0.2) is 0 Å². The monoisotopic (exact) mass is 257 g/mol. The van der Waals surface area contributed by atoms with E-state index in [1.807, 2.05) is 41.5 Å². The molecule has 1 rings (SSSR count). The summed E-state index contributed by atoms with van der Waals surface area (Å²) in [5.74, 6) is -0.145. The minimum absolute atomic E-state index is 0.339. The van der Waals surface area contributed by atoms with Gasteiger partial charge in [-0.15, -0.1) is 0 Å². The maximum atomic E-state index is 11.7. The Morgan fingerprint density at radius 2 is 1.67 bits per heavy atom. The van der Waals surface area contributed by atoms with Gasteiger partial charge >= 0.3 is 13.3 Å². The average Bonchev–Trinajstić information content (AvgIpc) is 2.33. The van der Waals surface area contributed by atoms with Crippen molar-refractivity contribution in [3.8, 4) is 0 Å². The minimum Gasteiger partial charge on any atom is -0.484 e. The van der Waals surface area contributed by atoms with Crippen LogP contribution in [0.1, 0.15) is 48.0 Å². The normalized spacial score (nSPS) is 23.2. The van der Waals surface area contributed by atoms with E-state index in [0.717, 1.165) is 0 Å². The molecule has 1 saturated heterocycles. The third-order valence-corrected chi connectivity index (χ3v) is 3.47. The quantitative estimate of drug-likeness (QED) is 0.772. The van der Waals surface area contributed by atoms with Crippen LogP contribution in [-0.2, 0) is 18.8 Å². The van der Waals surface area contributed by atoms with Gasteiger partial charge in [0.15, 0.2) is 0 Å². The molecule has 0 aromatic heterocycles. The van der Waals surface area contributed by atoms with E-state index in [1.165, 1.54) is 0 Å². The summed E-state index contributed by atoms with van der Waals surface area (Å²) in [7, 11) is -0.972. The van der Waals surface area contributed by atoms with Gasteiger partial charge in [-0.1, -0.05) is 13.8 Å². The van der Waals surface area contributed by atoms with Crippen LogP contribution in [0.3, 0.4) is 0 Å². The van der Waals surface area contributed by atoms with Gasteiger partial charge in [0.1, 0.15) is 6.04 Å². The summed E-state index contributed by atoms with van der Waals surface area (Å²) in [6.45, 7) is 11.6. The summed E-state index contributed by atoms with van der Waals surface area (Å²) >= 11 is 0. The largest absolute Gasteiger partial charge is 0.716 e. The van der Waals surface area contributed by atoms with Gasteiger partial charge in [-0.2, -0.15) is 0 Å². The van der Waals surface area contributed by atoms with E-state index in [0.29, 0.717) is 12.3 Å². The zero-order valence-electron chi connectivity index (χ0n) is 12.1. The molecule has 1 atom stereocenters. The van der Waals surface area contributed by atoms with Crippen molar-refractivity contribution in [1.82, 2.24) is 0 Å². The molecule has 104 valence electrons. The Hall–Kier alpha value is -0.585. The van der Waals surface area contributed by atoms with E-state index >= 15 is 0 Å². The number of hydrogen-bond acceptors (Lipinski definition) is 5. The van der Waals surface area contributed by atoms with Gasteiger partial charge < -0.3 is 19.7 Å². The Morgan fingerprint density at radius 3 is 2.06 bits per heavy atom. The van der Waals surface area contributed by atoms with Crippen molar-refractivity contribution in [3.05, 3.63) is 0 Å². The lowest BCUT2D eigenvalue weighted by Crippen LogP contribution is -2.41. The summed E-state index contributed by atoms with van der Waals surface area (Å²) in [6.07, 6.45) is 0.582. The van der Waals surface area contributed by atoms with E-state index < -0.39 is 30.5 Å². The third-order valence-electron chi connectivity index (χ3n) is 3.47. The summed E-state index contributed by atoms with van der Waals surface area (Å²) < 4.78 is 16.3. The van der Waals surface area contributed by atoms with Crippen LogP contribution in [0.25, 0.3) is 0 Å². The van der Waals surface area contributed by atoms with Crippen molar-refractivity contribution in [3.63, 3.8) is 0 Å². The summed E-state index contributed by atoms with van der Waals surface area (Å²) in [4.78, 5) is 11.7. The Labute approximate surface area is 110 Å². The molecule has 0 aromatic carbocycles. The number of carbonyl (C=O) groups excluding carboxylic acids is 1. The van der Waals surface area contributed by atoms with Crippen molar-refractivity contribution in [2.24, 2.45) is 11.7 Å². The molecule has 6 heteroatoms. The van der Waals surface area contributed by atoms with E-state index in [-0.39, 0.29) is 0 Å². The fourth-order valence-corrected chi connectivity index (χ4v) is 1.62. The van der Waals surface area contributed by atoms with Crippen LogP contribution >= 0.6 is 0 Å². The lowest BCUT2D eigenvalue weighted by atomic mass is 9.90. The van der Waals surface area contributed by atoms with Gasteiger partial charge in [0, 0.05) is 0 Å². The van der Waals surface area contributed by atoms with E-state index in [9.17, 15) is 4.79 Å². The van der Waals surface area contributed by atoms with Crippen LogP contribution < -0.4 is 5.73 Å². The second kappa shape index (κ2) is 5.19. The fourth-order valence-electron chi connectivity index (χ4n) is 1.62. The molecule has 1 fully saturated rings. The molecule has 5 nitrogen and oxygen atoms in total. The van der Waals surface area contributed by atoms with Gasteiger partial charge in [0.25, 0.3) is 0 Å². The second-order valence-electron chi connectivity index (χ2n) is 6.22. The van der Waals surface area contributed by atoms with Crippen molar-refractivity contribution in [2.45, 2.75) is 65.2 Å². The van der Waals surface area contributed by atoms with E-state index in [1.54, 1.807) is 0 Å². The maximum Gasteiger partial charge on any atom is 0.716 e. The highest BCUT2D eigenvalue weighted by atomic mass is 16.8. The van der Waals surface area contributed by atoms with Gasteiger partial charge in [-0.3, -0.25) is 4.79 Å². The van der Waals surface area contributed by atoms with Crippen molar-refractivity contribution in [1.29, 1.82) is 0 Å². The fraction of sp³-hybridized carbons (Fsp3) is 0.917. The molecular formula is C12H24BNO4. The lowest BCUT2D eigenvalue weighted by molar-refractivity contribution is -0.139. The molecule has 0 aromatic rings. The van der Waals surface area contributed by atoms with Crippen molar-refractivity contribution in [2.75, 3.05) is 0 Å². The Balaban J connectivity index is 2.53. The first-order chi connectivity index (χ1) is 8.05. The summed E-state index contributed by atoms with van der Waals surface area (Å²) in [5, 5.41) is 0. The number of rotatable bonds is 4. The maximum absolute atomic E-state index is 11.7. The molecule has 0 radical (unpaired) electrons. The van der Waals surface area contributed by atoms with Crippen LogP contribution in [-0.4, -0.2) is 30.5 Å². The molecule has 0 unspecified atom stereocenters. The molecule has 18 heavy (non-hydrogen) atoms. The molecule has 1 heterocycles. The van der Waals surface area contributed by atoms with Gasteiger partial charge in [0.05, 0.1) is 11.2 Å². The predicted molar refractivity (Wildman–Crippen MR) is 69.6 cm³/mol. The van der Waals surface area contributed by atoms with Crippen LogP contribution in [0.2, 0.25) is 0 Å². The zero-order chi connectivity index (χ0) is 14.1. The first kappa shape index (κ1) is 15.5. The molecular weight excluding hydrogens is 233 g/mol. The third kappa shape index (κ3) is 3.46. The standard InChI is InChI=1S/C12H24BNO4/c1-8(2)7-9(14)10(15)16-13-17-11(3,4)12(5,6)18-13/h8-9H,7,14H2,1-6H3/t9-/m0/s1. The first-order valence-electron chi connectivity index (χ1n) is 6.37. The number of carbonyl (C=O) groups is 1. The molecule has 0 amide bonds. The number of hydrogen-bond donors (Lipinski definition) is 1. The van der Waals surface area contributed by atoms with Crippen LogP contribution in [0.5, 0.6) is 0 Å². The molecule has 1 aliphatic rings. The highest BCUT2D eigenvalue weighted by Gasteiger charge is 2.55. The highest BCUT2D eigenvalue weighted by Crippen LogP contribution is 2.36. The van der Waals surface area contributed by atoms with E-state index in [2.05, 4.69) is 0 Å². The van der Waals surface area contributed by atoms with Gasteiger partial charge in [-0.25, -0.2) is 0 Å². The first-order valence-corrected chi connectivity index (χ1v) is 6.37. The minimum atomic E-state index is -0.972. The van der Waals surface area contributed by atoms with Crippen molar-refractivity contribution < 1.29 is 18.8 Å². The summed E-state index contributed by atoms with van der Waals surface area (Å²) in [6, 6.07) is -0.635. The second-order valence-corrected chi connectivity index (χ2v) is 6.22. The van der Waals surface area contributed by atoms with Crippen LogP contribution in [0.4, 0.5) is 0 Å². The molecule has 0 spiro atoms. The zero-order valence-corrected chi connectivity index (χ0v) is 12.1. The average molecular weight is 257 g/mol. The summed E-state index contributed by atoms with van der Waals surface area (Å²) in [5.41, 5.74) is 4.72. The SMILES string of the molecule is CC(C)C[C@H](N)C(=O)OB1OC(C)(C)C(C)(C)O1. The smallest absolute Gasteiger partial charge is 0.484 e. The highest BCUT2D eigenvalue weighted by molar-refractivity contribution is 6.40. The molecule has 2 N–H and O–H groups in total. The Bertz CT molecular complexity index is 301. The predicted octanol–water partition coefficient (Wildman–Crippen LogP) is 1.49. The molecule has 0 aliphatic carbocycles. The van der Waals surface area contributed by atoms with Gasteiger partial charge in [0.2, 0.25) is 0 Å². The lowest BCUT2D eigenvalue weighted by Gasteiger charge is -2.31. The topological polar surface area (TPSA) is 70.8 Å². The Morgan fingerprint density at radius 1 is 1.22 bits per heavy atom. The molecule has 0 bridgehead atoms.